The first-order chi connectivity index (χ1) is 10.4. The lowest BCUT2D eigenvalue weighted by Gasteiger charge is -2.20. The van der Waals surface area contributed by atoms with Crippen LogP contribution in [0.3, 0.4) is 0 Å². The van der Waals surface area contributed by atoms with Crippen LogP contribution in [0.2, 0.25) is 0 Å². The molecule has 0 aliphatic carbocycles. The molecule has 0 aliphatic heterocycles. The van der Waals surface area contributed by atoms with Gasteiger partial charge in [0.1, 0.15) is 24.0 Å². The third-order valence-electron chi connectivity index (χ3n) is 3.09. The number of aromatic amines is 1. The quantitative estimate of drug-likeness (QED) is 0.442. The van der Waals surface area contributed by atoms with Crippen molar-refractivity contribution in [1.29, 1.82) is 0 Å². The highest BCUT2D eigenvalue weighted by molar-refractivity contribution is 5.85. The maximum atomic E-state index is 9.93. The molecule has 2 aromatic rings. The topological polar surface area (TPSA) is 139 Å². The van der Waals surface area contributed by atoms with Gasteiger partial charge in [0.05, 0.1) is 25.0 Å². The summed E-state index contributed by atoms with van der Waals surface area (Å²) < 4.78 is 5.17. The molecule has 0 saturated carbocycles. The van der Waals surface area contributed by atoms with Crippen molar-refractivity contribution in [2.24, 2.45) is 0 Å². The molecular formula is C13H21ClN4O5. The first-order valence-corrected chi connectivity index (χ1v) is 6.73. The van der Waals surface area contributed by atoms with Crippen molar-refractivity contribution in [1.82, 2.24) is 20.0 Å². The molecular weight excluding hydrogens is 328 g/mol. The molecule has 130 valence electrons. The SMILES string of the molecule is CN(C)Cc1cc(-c2ncc([C@@H](O)[C@H](O)[C@H](O)CO)[nH]2)no1.Cl. The molecule has 0 bridgehead atoms. The van der Waals surface area contributed by atoms with Gasteiger partial charge in [0, 0.05) is 6.07 Å². The largest absolute Gasteiger partial charge is 0.394 e. The Bertz CT molecular complexity index is 603. The predicted molar refractivity (Wildman–Crippen MR) is 82.8 cm³/mol. The number of halogens is 1. The second-order valence-corrected chi connectivity index (χ2v) is 5.29. The third kappa shape index (κ3) is 4.74. The lowest BCUT2D eigenvalue weighted by atomic mass is 10.1. The molecule has 0 radical (unpaired) electrons. The van der Waals surface area contributed by atoms with Gasteiger partial charge in [-0.3, -0.25) is 0 Å². The van der Waals surface area contributed by atoms with E-state index >= 15 is 0 Å². The van der Waals surface area contributed by atoms with E-state index in [0.29, 0.717) is 23.8 Å². The van der Waals surface area contributed by atoms with Crippen LogP contribution in [0.5, 0.6) is 0 Å². The van der Waals surface area contributed by atoms with Crippen molar-refractivity contribution in [3.63, 3.8) is 0 Å². The molecule has 3 atom stereocenters. The fraction of sp³-hybridized carbons (Fsp3) is 0.538. The fourth-order valence-corrected chi connectivity index (χ4v) is 1.93. The zero-order chi connectivity index (χ0) is 16.3. The summed E-state index contributed by atoms with van der Waals surface area (Å²) in [5, 5.41) is 41.6. The molecule has 9 nitrogen and oxygen atoms in total. The van der Waals surface area contributed by atoms with Crippen LogP contribution in [-0.4, -0.2) is 73.4 Å². The van der Waals surface area contributed by atoms with E-state index in [4.69, 9.17) is 9.63 Å². The Morgan fingerprint density at radius 2 is 2.00 bits per heavy atom. The number of aliphatic hydroxyl groups excluding tert-OH is 4. The van der Waals surface area contributed by atoms with E-state index in [1.54, 1.807) is 6.07 Å². The number of hydrogen-bond donors (Lipinski definition) is 5. The van der Waals surface area contributed by atoms with E-state index in [2.05, 4.69) is 15.1 Å². The van der Waals surface area contributed by atoms with Crippen molar-refractivity contribution in [2.75, 3.05) is 20.7 Å². The first kappa shape index (κ1) is 19.6. The Kier molecular flexibility index (Phi) is 7.13. The van der Waals surface area contributed by atoms with E-state index in [1.165, 1.54) is 6.20 Å². The number of nitrogens with one attached hydrogen (secondary N) is 1. The second kappa shape index (κ2) is 8.39. The molecule has 0 saturated heterocycles. The van der Waals surface area contributed by atoms with Gasteiger partial charge in [-0.25, -0.2) is 4.98 Å². The number of rotatable bonds is 7. The van der Waals surface area contributed by atoms with Crippen molar-refractivity contribution in [3.05, 3.63) is 23.7 Å². The number of imidazole rings is 1. The molecule has 5 N–H and O–H groups in total. The number of aromatic nitrogens is 3. The summed E-state index contributed by atoms with van der Waals surface area (Å²) in [6, 6.07) is 1.72. The molecule has 0 amide bonds. The van der Waals surface area contributed by atoms with Gasteiger partial charge in [0.25, 0.3) is 0 Å². The molecule has 0 aliphatic rings. The van der Waals surface area contributed by atoms with Crippen LogP contribution in [0, 0.1) is 0 Å². The monoisotopic (exact) mass is 348 g/mol. The van der Waals surface area contributed by atoms with Gasteiger partial charge >= 0.3 is 0 Å². The Morgan fingerprint density at radius 3 is 2.61 bits per heavy atom. The molecule has 0 spiro atoms. The Hall–Kier alpha value is -1.49. The molecule has 2 heterocycles. The molecule has 10 heteroatoms. The van der Waals surface area contributed by atoms with Gasteiger partial charge in [-0.2, -0.15) is 0 Å². The van der Waals surface area contributed by atoms with Crippen LogP contribution in [0.25, 0.3) is 11.5 Å². The first-order valence-electron chi connectivity index (χ1n) is 6.73. The van der Waals surface area contributed by atoms with Crippen LogP contribution in [0.15, 0.2) is 16.8 Å². The Morgan fingerprint density at radius 1 is 1.30 bits per heavy atom. The van der Waals surface area contributed by atoms with Gasteiger partial charge in [0.2, 0.25) is 0 Å². The zero-order valence-corrected chi connectivity index (χ0v) is 13.6. The van der Waals surface area contributed by atoms with Gasteiger partial charge < -0.3 is 34.8 Å². The summed E-state index contributed by atoms with van der Waals surface area (Å²) in [6.45, 7) is -0.0685. The summed E-state index contributed by atoms with van der Waals surface area (Å²) in [5.74, 6) is 1.03. The number of H-pyrrole nitrogens is 1. The van der Waals surface area contributed by atoms with Gasteiger partial charge in [-0.15, -0.1) is 12.4 Å². The highest BCUT2D eigenvalue weighted by Gasteiger charge is 2.27. The lowest BCUT2D eigenvalue weighted by molar-refractivity contribution is -0.0788. The summed E-state index contributed by atoms with van der Waals surface area (Å²) in [6.07, 6.45) is -3.05. The van der Waals surface area contributed by atoms with Gasteiger partial charge in [-0.05, 0) is 14.1 Å². The smallest absolute Gasteiger partial charge is 0.159 e. The molecule has 23 heavy (non-hydrogen) atoms. The minimum Gasteiger partial charge on any atom is -0.394 e. The lowest BCUT2D eigenvalue weighted by Crippen LogP contribution is -2.34. The number of nitrogens with zero attached hydrogens (tertiary/aromatic N) is 3. The average molecular weight is 349 g/mol. The number of aliphatic hydroxyl groups is 4. The highest BCUT2D eigenvalue weighted by atomic mass is 35.5. The molecule has 0 fully saturated rings. The predicted octanol–water partition coefficient (Wildman–Crippen LogP) is -0.704. The standard InChI is InChI=1S/C13H20N4O5.ClH/c1-17(2)5-7-3-8(16-22-7)13-14-4-9(15-13)11(20)12(21)10(19)6-18;/h3-4,10-12,18-21H,5-6H2,1-2H3,(H,14,15);1H/t10-,11-,12-;/m1./s1. The minimum atomic E-state index is -1.53. The maximum absolute atomic E-state index is 9.93. The highest BCUT2D eigenvalue weighted by Crippen LogP contribution is 2.22. The minimum absolute atomic E-state index is 0. The van der Waals surface area contributed by atoms with Crippen LogP contribution in [0.4, 0.5) is 0 Å². The fourth-order valence-electron chi connectivity index (χ4n) is 1.93. The van der Waals surface area contributed by atoms with E-state index in [9.17, 15) is 15.3 Å². The van der Waals surface area contributed by atoms with Crippen LogP contribution in [-0.2, 0) is 6.54 Å². The van der Waals surface area contributed by atoms with E-state index < -0.39 is 24.9 Å². The van der Waals surface area contributed by atoms with Gasteiger partial charge in [-0.1, -0.05) is 5.16 Å². The summed E-state index contributed by atoms with van der Waals surface area (Å²) >= 11 is 0. The van der Waals surface area contributed by atoms with E-state index in [1.807, 2.05) is 19.0 Å². The van der Waals surface area contributed by atoms with Crippen molar-refractivity contribution < 1.29 is 24.9 Å². The molecule has 0 unspecified atom stereocenters. The summed E-state index contributed by atoms with van der Waals surface area (Å²) in [4.78, 5) is 8.79. The number of hydrogen-bond acceptors (Lipinski definition) is 8. The van der Waals surface area contributed by atoms with Crippen molar-refractivity contribution >= 4 is 12.4 Å². The van der Waals surface area contributed by atoms with Crippen LogP contribution >= 0.6 is 12.4 Å². The third-order valence-corrected chi connectivity index (χ3v) is 3.09. The van der Waals surface area contributed by atoms with Crippen molar-refractivity contribution in [3.8, 4) is 11.5 Å². The summed E-state index contributed by atoms with van der Waals surface area (Å²) in [7, 11) is 3.80. The molecule has 0 aromatic carbocycles. The zero-order valence-electron chi connectivity index (χ0n) is 12.7. The normalized spacial score (nSPS) is 15.3. The summed E-state index contributed by atoms with van der Waals surface area (Å²) in [5.41, 5.74) is 0.666. The molecule has 2 rings (SSSR count). The van der Waals surface area contributed by atoms with Crippen LogP contribution in [0.1, 0.15) is 17.6 Å². The second-order valence-electron chi connectivity index (χ2n) is 5.29. The Labute approximate surface area is 139 Å². The molecule has 2 aromatic heterocycles. The van der Waals surface area contributed by atoms with E-state index in [0.717, 1.165) is 0 Å². The van der Waals surface area contributed by atoms with Crippen LogP contribution < -0.4 is 0 Å². The van der Waals surface area contributed by atoms with E-state index in [-0.39, 0.29) is 18.1 Å². The van der Waals surface area contributed by atoms with Crippen molar-refractivity contribution in [2.45, 2.75) is 24.9 Å². The maximum Gasteiger partial charge on any atom is 0.159 e. The Balaban J connectivity index is 0.00000264. The van der Waals surface area contributed by atoms with Gasteiger partial charge in [0.15, 0.2) is 11.6 Å². The average Bonchev–Trinajstić information content (AvgIpc) is 3.13.